The fraction of sp³-hybridized carbons (Fsp3) is 0.308. The van der Waals surface area contributed by atoms with Gasteiger partial charge in [0.05, 0.1) is 28.3 Å². The second-order valence-corrected chi connectivity index (χ2v) is 4.74. The van der Waals surface area contributed by atoms with Gasteiger partial charge >= 0.3 is 12.1 Å². The summed E-state index contributed by atoms with van der Waals surface area (Å²) in [7, 11) is 6.35. The zero-order valence-corrected chi connectivity index (χ0v) is 13.1. The minimum Gasteiger partial charge on any atom is -0.441 e. The summed E-state index contributed by atoms with van der Waals surface area (Å²) in [6, 6.07) is 5.76. The standard InChI is InChI=1S/C13H17FN4O2S/c1-17(2)12(18(3)13(19)20-4)16-11(21)15-10-7-5-9(14)6-8-10/h5-8H,1-4H3,(H,15,21)/p+1. The second-order valence-electron chi connectivity index (χ2n) is 4.33. The van der Waals surface area contributed by atoms with Gasteiger partial charge in [0, 0.05) is 5.69 Å². The number of methoxy groups -OCH3 is 1. The zero-order valence-electron chi connectivity index (χ0n) is 12.3. The van der Waals surface area contributed by atoms with Crippen molar-refractivity contribution in [3.8, 4) is 0 Å². The van der Waals surface area contributed by atoms with Crippen molar-refractivity contribution < 1.29 is 18.5 Å². The van der Waals surface area contributed by atoms with E-state index in [9.17, 15) is 9.18 Å². The van der Waals surface area contributed by atoms with Crippen LogP contribution in [-0.4, -0.2) is 54.9 Å². The third-order valence-electron chi connectivity index (χ3n) is 2.52. The Kier molecular flexibility index (Phi) is 6.04. The van der Waals surface area contributed by atoms with Crippen molar-refractivity contribution in [1.29, 1.82) is 0 Å². The Morgan fingerprint density at radius 1 is 1.33 bits per heavy atom. The average molecular weight is 313 g/mol. The first-order valence-electron chi connectivity index (χ1n) is 6.04. The van der Waals surface area contributed by atoms with Gasteiger partial charge in [0.2, 0.25) is 5.11 Å². The highest BCUT2D eigenvalue weighted by molar-refractivity contribution is 7.80. The van der Waals surface area contributed by atoms with Crippen LogP contribution in [-0.2, 0) is 4.74 Å². The normalized spacial score (nSPS) is 9.57. The Balaban J connectivity index is 2.76. The smallest absolute Gasteiger partial charge is 0.441 e. The largest absolute Gasteiger partial charge is 0.478 e. The van der Waals surface area contributed by atoms with Gasteiger partial charge in [-0.05, 0) is 36.5 Å². The summed E-state index contributed by atoms with van der Waals surface area (Å²) >= 11 is 5.16. The minimum absolute atomic E-state index is 0.265. The number of guanidine groups is 1. The predicted octanol–water partition coefficient (Wildman–Crippen LogP) is 1.44. The Morgan fingerprint density at radius 2 is 1.90 bits per heavy atom. The van der Waals surface area contributed by atoms with E-state index in [1.807, 2.05) is 0 Å². The first-order valence-corrected chi connectivity index (χ1v) is 6.45. The monoisotopic (exact) mass is 313 g/mol. The van der Waals surface area contributed by atoms with E-state index in [1.54, 1.807) is 37.9 Å². The number of ether oxygens (including phenoxy) is 1. The molecule has 0 radical (unpaired) electrons. The lowest BCUT2D eigenvalue weighted by Crippen LogP contribution is -2.50. The third-order valence-corrected chi connectivity index (χ3v) is 2.72. The average Bonchev–Trinajstić information content (AvgIpc) is 2.45. The molecule has 114 valence electrons. The molecule has 6 nitrogen and oxygen atoms in total. The van der Waals surface area contributed by atoms with E-state index in [0.29, 0.717) is 11.6 Å². The van der Waals surface area contributed by atoms with Gasteiger partial charge in [0.25, 0.3) is 0 Å². The molecule has 8 heteroatoms. The summed E-state index contributed by atoms with van der Waals surface area (Å²) in [5, 5.41) is 6.05. The SMILES string of the molecule is COC(=O)N(C)C(NC(=S)Nc1ccc(F)cc1)=[N+](C)C. The van der Waals surface area contributed by atoms with E-state index in [1.165, 1.54) is 24.1 Å². The van der Waals surface area contributed by atoms with Crippen LogP contribution in [0.1, 0.15) is 0 Å². The maximum absolute atomic E-state index is 12.8. The van der Waals surface area contributed by atoms with E-state index in [-0.39, 0.29) is 10.9 Å². The van der Waals surface area contributed by atoms with E-state index in [0.717, 1.165) is 0 Å². The van der Waals surface area contributed by atoms with Crippen LogP contribution in [0.4, 0.5) is 14.9 Å². The molecule has 1 aromatic carbocycles. The van der Waals surface area contributed by atoms with Gasteiger partial charge in [-0.1, -0.05) is 0 Å². The van der Waals surface area contributed by atoms with Crippen molar-refractivity contribution in [3.05, 3.63) is 30.1 Å². The third kappa shape index (κ3) is 4.99. The number of nitrogens with one attached hydrogen (secondary N) is 2. The lowest BCUT2D eigenvalue weighted by molar-refractivity contribution is -0.471. The highest BCUT2D eigenvalue weighted by Gasteiger charge is 2.25. The fourth-order valence-corrected chi connectivity index (χ4v) is 1.73. The molecule has 0 aliphatic heterocycles. The fourth-order valence-electron chi connectivity index (χ4n) is 1.52. The number of benzene rings is 1. The van der Waals surface area contributed by atoms with Gasteiger partial charge in [0.1, 0.15) is 5.82 Å². The molecule has 2 N–H and O–H groups in total. The van der Waals surface area contributed by atoms with Gasteiger partial charge in [-0.2, -0.15) is 4.90 Å². The van der Waals surface area contributed by atoms with Crippen molar-refractivity contribution >= 4 is 35.1 Å². The molecule has 0 saturated carbocycles. The van der Waals surface area contributed by atoms with Crippen LogP contribution in [0.15, 0.2) is 24.3 Å². The van der Waals surface area contributed by atoms with Crippen molar-refractivity contribution in [3.63, 3.8) is 0 Å². The molecule has 0 unspecified atom stereocenters. The first kappa shape index (κ1) is 16.8. The van der Waals surface area contributed by atoms with Crippen molar-refractivity contribution in [1.82, 2.24) is 10.2 Å². The molecule has 1 amide bonds. The zero-order chi connectivity index (χ0) is 16.0. The minimum atomic E-state index is -0.532. The first-order chi connectivity index (χ1) is 9.85. The molecule has 1 aromatic rings. The molecule has 21 heavy (non-hydrogen) atoms. The van der Waals surface area contributed by atoms with Gasteiger partial charge in [-0.15, -0.1) is 0 Å². The van der Waals surface area contributed by atoms with Crippen LogP contribution < -0.4 is 10.6 Å². The van der Waals surface area contributed by atoms with Crippen molar-refractivity contribution in [2.45, 2.75) is 0 Å². The lowest BCUT2D eigenvalue weighted by Gasteiger charge is -2.15. The number of rotatable bonds is 1. The highest BCUT2D eigenvalue weighted by atomic mass is 32.1. The molecule has 0 spiro atoms. The lowest BCUT2D eigenvalue weighted by atomic mass is 10.3. The van der Waals surface area contributed by atoms with Crippen molar-refractivity contribution in [2.75, 3.05) is 33.6 Å². The predicted molar refractivity (Wildman–Crippen MR) is 83.0 cm³/mol. The van der Waals surface area contributed by atoms with Crippen LogP contribution in [0, 0.1) is 5.82 Å². The number of nitrogens with zero attached hydrogens (tertiary/aromatic N) is 2. The van der Waals surface area contributed by atoms with Crippen LogP contribution in [0.25, 0.3) is 0 Å². The summed E-state index contributed by atoms with van der Waals surface area (Å²) in [4.78, 5) is 12.8. The number of carbonyl (C=O) groups excluding carboxylic acids is 1. The molecule has 0 aliphatic rings. The Hall–Kier alpha value is -2.22. The molecule has 0 saturated heterocycles. The molecule has 0 heterocycles. The Labute approximate surface area is 128 Å². The van der Waals surface area contributed by atoms with E-state index >= 15 is 0 Å². The van der Waals surface area contributed by atoms with Crippen molar-refractivity contribution in [2.24, 2.45) is 0 Å². The number of thiocarbonyl (C=S) groups is 1. The second kappa shape index (κ2) is 7.53. The molecule has 0 aliphatic carbocycles. The molecule has 0 atom stereocenters. The number of halogens is 1. The number of hydrogen-bond acceptors (Lipinski definition) is 3. The highest BCUT2D eigenvalue weighted by Crippen LogP contribution is 2.07. The van der Waals surface area contributed by atoms with E-state index in [2.05, 4.69) is 15.4 Å². The molecular formula is C13H18FN4O2S+. The van der Waals surface area contributed by atoms with Gasteiger partial charge < -0.3 is 10.1 Å². The summed E-state index contributed by atoms with van der Waals surface area (Å²) in [5.41, 5.74) is 0.632. The maximum Gasteiger partial charge on any atom is 0.478 e. The van der Waals surface area contributed by atoms with Gasteiger partial charge in [0.15, 0.2) is 0 Å². The van der Waals surface area contributed by atoms with E-state index < -0.39 is 6.09 Å². The molecule has 1 rings (SSSR count). The molecule has 0 aromatic heterocycles. The molecule has 0 fully saturated rings. The number of carbonyl (C=O) groups is 1. The Morgan fingerprint density at radius 3 is 2.38 bits per heavy atom. The number of hydrogen-bond donors (Lipinski definition) is 2. The van der Waals surface area contributed by atoms with Gasteiger partial charge in [-0.25, -0.2) is 14.5 Å². The van der Waals surface area contributed by atoms with Gasteiger partial charge in [-0.3, -0.25) is 4.58 Å². The van der Waals surface area contributed by atoms with Crippen LogP contribution >= 0.6 is 12.2 Å². The number of anilines is 1. The van der Waals surface area contributed by atoms with Crippen LogP contribution in [0.5, 0.6) is 0 Å². The number of amides is 1. The topological polar surface area (TPSA) is 56.6 Å². The van der Waals surface area contributed by atoms with Crippen LogP contribution in [0.3, 0.4) is 0 Å². The Bertz CT molecular complexity index is 556. The quantitative estimate of drug-likeness (QED) is 0.356. The summed E-state index contributed by atoms with van der Waals surface area (Å²) < 4.78 is 19.2. The maximum atomic E-state index is 12.8. The molecular weight excluding hydrogens is 295 g/mol. The van der Waals surface area contributed by atoms with E-state index in [4.69, 9.17) is 12.2 Å². The van der Waals surface area contributed by atoms with Crippen LogP contribution in [0.2, 0.25) is 0 Å². The summed E-state index contributed by atoms with van der Waals surface area (Å²) in [6.07, 6.45) is -0.532. The summed E-state index contributed by atoms with van der Waals surface area (Å²) in [5.74, 6) is 0.104. The summed E-state index contributed by atoms with van der Waals surface area (Å²) in [6.45, 7) is 0. The molecule has 0 bridgehead atoms.